The van der Waals surface area contributed by atoms with E-state index in [0.29, 0.717) is 17.1 Å². The first-order chi connectivity index (χ1) is 13.2. The fraction of sp³-hybridized carbons (Fsp3) is 0.474. The molecule has 154 valence electrons. The normalized spacial score (nSPS) is 18.9. The average molecular weight is 411 g/mol. The van der Waals surface area contributed by atoms with Gasteiger partial charge in [0.05, 0.1) is 31.8 Å². The van der Waals surface area contributed by atoms with E-state index < -0.39 is 33.5 Å². The van der Waals surface area contributed by atoms with Crippen molar-refractivity contribution in [3.05, 3.63) is 29.8 Å². The highest BCUT2D eigenvalue weighted by molar-refractivity contribution is 7.91. The van der Waals surface area contributed by atoms with E-state index in [2.05, 4.69) is 4.74 Å². The first-order valence-corrected chi connectivity index (χ1v) is 10.6. The highest BCUT2D eigenvalue weighted by Gasteiger charge is 2.38. The molecule has 0 saturated carbocycles. The van der Waals surface area contributed by atoms with Gasteiger partial charge in [0.25, 0.3) is 0 Å². The third-order valence-corrected chi connectivity index (χ3v) is 5.78. The molecule has 1 saturated heterocycles. The molecule has 0 N–H and O–H groups in total. The zero-order valence-corrected chi connectivity index (χ0v) is 17.2. The number of hydrogen-bond donors (Lipinski definition) is 0. The molecule has 0 aliphatic carbocycles. The molecule has 0 aromatic heterocycles. The number of amides is 1. The summed E-state index contributed by atoms with van der Waals surface area (Å²) in [6.07, 6.45) is 2.86. The Bertz CT molecular complexity index is 861. The van der Waals surface area contributed by atoms with Crippen LogP contribution in [0.25, 0.3) is 6.08 Å². The Kier molecular flexibility index (Phi) is 7.06. The van der Waals surface area contributed by atoms with E-state index in [0.717, 1.165) is 7.11 Å². The molecule has 9 heteroatoms. The minimum absolute atomic E-state index is 0.0116. The van der Waals surface area contributed by atoms with Gasteiger partial charge in [-0.3, -0.25) is 4.79 Å². The fourth-order valence-electron chi connectivity index (χ4n) is 2.80. The number of sulfone groups is 1. The van der Waals surface area contributed by atoms with Gasteiger partial charge in [0.1, 0.15) is 6.04 Å². The molecular formula is C19H25NO7S. The number of carbonyl (C=O) groups excluding carboxylic acids is 2. The minimum Gasteiger partial charge on any atom is -0.493 e. The van der Waals surface area contributed by atoms with Crippen molar-refractivity contribution in [2.24, 2.45) is 0 Å². The van der Waals surface area contributed by atoms with Gasteiger partial charge in [0.2, 0.25) is 5.91 Å². The number of ether oxygens (including phenoxy) is 3. The smallest absolute Gasteiger partial charge is 0.329 e. The first kappa shape index (κ1) is 21.7. The largest absolute Gasteiger partial charge is 0.493 e. The lowest BCUT2D eigenvalue weighted by Gasteiger charge is -2.32. The molecule has 1 amide bonds. The van der Waals surface area contributed by atoms with Crippen LogP contribution in [0.2, 0.25) is 0 Å². The van der Waals surface area contributed by atoms with Crippen LogP contribution in [-0.2, 0) is 24.2 Å². The summed E-state index contributed by atoms with van der Waals surface area (Å²) in [7, 11) is -0.708. The summed E-state index contributed by atoms with van der Waals surface area (Å²) >= 11 is 0. The molecule has 28 heavy (non-hydrogen) atoms. The SMILES string of the molecule is COC(=O)C1CS(=O)(=O)CCN1C(=O)C=Cc1ccc(OC(C)C)c(OC)c1. The molecule has 1 atom stereocenters. The van der Waals surface area contributed by atoms with Gasteiger partial charge in [0, 0.05) is 12.6 Å². The van der Waals surface area contributed by atoms with Crippen LogP contribution in [0.15, 0.2) is 24.3 Å². The molecule has 0 bridgehead atoms. The topological polar surface area (TPSA) is 99.2 Å². The molecule has 1 unspecified atom stereocenters. The third kappa shape index (κ3) is 5.48. The Balaban J connectivity index is 2.18. The second-order valence-electron chi connectivity index (χ2n) is 6.60. The van der Waals surface area contributed by atoms with Crippen LogP contribution < -0.4 is 9.47 Å². The molecule has 1 fully saturated rings. The highest BCUT2D eigenvalue weighted by atomic mass is 32.2. The van der Waals surface area contributed by atoms with E-state index in [-0.39, 0.29) is 18.4 Å². The first-order valence-electron chi connectivity index (χ1n) is 8.78. The Hall–Kier alpha value is -2.55. The van der Waals surface area contributed by atoms with Gasteiger partial charge in [-0.25, -0.2) is 13.2 Å². The lowest BCUT2D eigenvalue weighted by molar-refractivity contribution is -0.150. The maximum absolute atomic E-state index is 12.6. The molecule has 1 heterocycles. The van der Waals surface area contributed by atoms with Gasteiger partial charge in [-0.2, -0.15) is 0 Å². The van der Waals surface area contributed by atoms with Gasteiger partial charge in [-0.15, -0.1) is 0 Å². The Morgan fingerprint density at radius 3 is 2.54 bits per heavy atom. The predicted molar refractivity (Wildman–Crippen MR) is 104 cm³/mol. The van der Waals surface area contributed by atoms with Gasteiger partial charge >= 0.3 is 5.97 Å². The standard InChI is InChI=1S/C19H25NO7S/c1-13(2)27-16-7-5-14(11-17(16)25-3)6-8-18(21)20-9-10-28(23,24)12-15(20)19(22)26-4/h5-8,11,13,15H,9-10,12H2,1-4H3. The molecule has 0 radical (unpaired) electrons. The van der Waals surface area contributed by atoms with Crippen molar-refractivity contribution >= 4 is 27.8 Å². The van der Waals surface area contributed by atoms with Crippen molar-refractivity contribution in [2.75, 3.05) is 32.3 Å². The van der Waals surface area contributed by atoms with Crippen LogP contribution >= 0.6 is 0 Å². The van der Waals surface area contributed by atoms with Crippen LogP contribution in [0.4, 0.5) is 0 Å². The average Bonchev–Trinajstić information content (AvgIpc) is 2.65. The molecule has 1 aliphatic rings. The fourth-order valence-corrected chi connectivity index (χ4v) is 4.24. The third-order valence-electron chi connectivity index (χ3n) is 4.16. The molecule has 1 aromatic rings. The van der Waals surface area contributed by atoms with Crippen LogP contribution in [0.3, 0.4) is 0 Å². The number of benzene rings is 1. The predicted octanol–water partition coefficient (Wildman–Crippen LogP) is 1.29. The monoisotopic (exact) mass is 411 g/mol. The van der Waals surface area contributed by atoms with Crippen molar-refractivity contribution in [3.63, 3.8) is 0 Å². The maximum atomic E-state index is 12.6. The van der Waals surface area contributed by atoms with Gasteiger partial charge < -0.3 is 19.1 Å². The van der Waals surface area contributed by atoms with Crippen LogP contribution in [0.5, 0.6) is 11.5 Å². The van der Waals surface area contributed by atoms with Crippen LogP contribution in [0, 0.1) is 0 Å². The van der Waals surface area contributed by atoms with E-state index in [1.54, 1.807) is 24.3 Å². The van der Waals surface area contributed by atoms with E-state index in [1.165, 1.54) is 18.1 Å². The lowest BCUT2D eigenvalue weighted by atomic mass is 10.1. The summed E-state index contributed by atoms with van der Waals surface area (Å²) in [5, 5.41) is 0. The van der Waals surface area contributed by atoms with E-state index in [9.17, 15) is 18.0 Å². The number of rotatable bonds is 6. The van der Waals surface area contributed by atoms with Crippen molar-refractivity contribution in [2.45, 2.75) is 26.0 Å². The molecule has 1 aliphatic heterocycles. The summed E-state index contributed by atoms with van der Waals surface area (Å²) in [6.45, 7) is 3.75. The Morgan fingerprint density at radius 1 is 1.21 bits per heavy atom. The number of esters is 1. The molecule has 8 nitrogen and oxygen atoms in total. The zero-order chi connectivity index (χ0) is 20.9. The molecule has 2 rings (SSSR count). The summed E-state index contributed by atoms with van der Waals surface area (Å²) < 4.78 is 39.3. The number of nitrogens with zero attached hydrogens (tertiary/aromatic N) is 1. The van der Waals surface area contributed by atoms with Crippen molar-refractivity contribution in [3.8, 4) is 11.5 Å². The maximum Gasteiger partial charge on any atom is 0.329 e. The van der Waals surface area contributed by atoms with E-state index in [1.807, 2.05) is 13.8 Å². The van der Waals surface area contributed by atoms with Gasteiger partial charge in [-0.05, 0) is 37.6 Å². The number of hydrogen-bond acceptors (Lipinski definition) is 7. The molecular weight excluding hydrogens is 386 g/mol. The van der Waals surface area contributed by atoms with Crippen LogP contribution in [0.1, 0.15) is 19.4 Å². The van der Waals surface area contributed by atoms with Crippen molar-refractivity contribution in [1.29, 1.82) is 0 Å². The summed E-state index contributed by atoms with van der Waals surface area (Å²) in [4.78, 5) is 25.7. The Labute approximate surface area is 165 Å². The summed E-state index contributed by atoms with van der Waals surface area (Å²) in [5.41, 5.74) is 0.695. The van der Waals surface area contributed by atoms with Gasteiger partial charge in [0.15, 0.2) is 21.3 Å². The highest BCUT2D eigenvalue weighted by Crippen LogP contribution is 2.29. The number of carbonyl (C=O) groups is 2. The van der Waals surface area contributed by atoms with E-state index in [4.69, 9.17) is 9.47 Å². The minimum atomic E-state index is -3.39. The summed E-state index contributed by atoms with van der Waals surface area (Å²) in [5.74, 6) is -0.717. The van der Waals surface area contributed by atoms with Crippen molar-refractivity contribution in [1.82, 2.24) is 4.90 Å². The number of methoxy groups -OCH3 is 2. The quantitative estimate of drug-likeness (QED) is 0.514. The lowest BCUT2D eigenvalue weighted by Crippen LogP contribution is -2.54. The van der Waals surface area contributed by atoms with Crippen molar-refractivity contribution < 1.29 is 32.2 Å². The zero-order valence-electron chi connectivity index (χ0n) is 16.4. The molecule has 0 spiro atoms. The summed E-state index contributed by atoms with van der Waals surface area (Å²) in [6, 6.07) is 4.09. The van der Waals surface area contributed by atoms with Gasteiger partial charge in [-0.1, -0.05) is 6.07 Å². The second kappa shape index (κ2) is 9.09. The second-order valence-corrected chi connectivity index (χ2v) is 8.82. The molecule has 1 aromatic carbocycles. The van der Waals surface area contributed by atoms with Crippen LogP contribution in [-0.4, -0.2) is 69.6 Å². The Morgan fingerprint density at radius 2 is 1.93 bits per heavy atom. The van der Waals surface area contributed by atoms with E-state index >= 15 is 0 Å².